The van der Waals surface area contributed by atoms with Crippen molar-refractivity contribution >= 4 is 47.3 Å². The Labute approximate surface area is 121 Å². The molecule has 2 aromatic rings. The normalized spacial score (nSPS) is 10.0. The Morgan fingerprint density at radius 1 is 1.16 bits per heavy atom. The van der Waals surface area contributed by atoms with Gasteiger partial charge in [-0.05, 0) is 30.3 Å². The van der Waals surface area contributed by atoms with Crippen LogP contribution in [0.2, 0.25) is 5.02 Å². The van der Waals surface area contributed by atoms with Crippen LogP contribution in [0.4, 0.5) is 21.9 Å². The number of carbonyl (C=O) groups is 1. The number of nitrogens with two attached hydrogens (primary N) is 1. The van der Waals surface area contributed by atoms with Crippen molar-refractivity contribution in [3.8, 4) is 0 Å². The molecule has 0 fully saturated rings. The quantitative estimate of drug-likeness (QED) is 0.502. The van der Waals surface area contributed by atoms with Crippen molar-refractivity contribution in [1.82, 2.24) is 0 Å². The van der Waals surface area contributed by atoms with Crippen molar-refractivity contribution in [3.63, 3.8) is 0 Å². The lowest BCUT2D eigenvalue weighted by Crippen LogP contribution is -2.19. The third-order valence-corrected chi connectivity index (χ3v) is 3.13. The average molecular weight is 294 g/mol. The molecule has 0 spiro atoms. The standard InChI is InChI=1S/C13H12ClN3OS/c14-9-7-8(5-6-10(9)15)16-13(18)17-11-3-1-2-4-12(11)19/h1-7,19H,15H2,(H2,16,17,18). The zero-order valence-corrected chi connectivity index (χ0v) is 11.5. The number of nitrogen functional groups attached to an aromatic ring is 1. The number of hydrogen-bond donors (Lipinski definition) is 4. The maximum Gasteiger partial charge on any atom is 0.323 e. The number of benzene rings is 2. The van der Waals surface area contributed by atoms with Crippen LogP contribution in [-0.2, 0) is 0 Å². The van der Waals surface area contributed by atoms with E-state index in [-0.39, 0.29) is 6.03 Å². The molecule has 98 valence electrons. The highest BCUT2D eigenvalue weighted by Crippen LogP contribution is 2.23. The molecule has 2 amide bonds. The molecule has 4 N–H and O–H groups in total. The molecule has 4 nitrogen and oxygen atoms in total. The minimum absolute atomic E-state index is 0.373. The van der Waals surface area contributed by atoms with Crippen LogP contribution in [0.25, 0.3) is 0 Å². The lowest BCUT2D eigenvalue weighted by molar-refractivity contribution is 0.262. The van der Waals surface area contributed by atoms with E-state index in [0.29, 0.717) is 27.0 Å². The summed E-state index contributed by atoms with van der Waals surface area (Å²) in [5, 5.41) is 5.75. The van der Waals surface area contributed by atoms with Crippen LogP contribution in [0.1, 0.15) is 0 Å². The van der Waals surface area contributed by atoms with E-state index in [0.717, 1.165) is 0 Å². The van der Waals surface area contributed by atoms with E-state index in [4.69, 9.17) is 17.3 Å². The molecule has 0 unspecified atom stereocenters. The Hall–Kier alpha value is -1.85. The molecular formula is C13H12ClN3OS. The van der Waals surface area contributed by atoms with E-state index >= 15 is 0 Å². The number of para-hydroxylation sites is 1. The van der Waals surface area contributed by atoms with Crippen LogP contribution in [0.5, 0.6) is 0 Å². The molecule has 0 bridgehead atoms. The summed E-state index contributed by atoms with van der Waals surface area (Å²) in [4.78, 5) is 12.5. The van der Waals surface area contributed by atoms with Gasteiger partial charge in [-0.25, -0.2) is 4.79 Å². The first-order valence-electron chi connectivity index (χ1n) is 5.47. The topological polar surface area (TPSA) is 67.1 Å². The summed E-state index contributed by atoms with van der Waals surface area (Å²) in [5.41, 5.74) is 7.25. The minimum atomic E-state index is -0.373. The maximum absolute atomic E-state index is 11.8. The van der Waals surface area contributed by atoms with E-state index in [9.17, 15) is 4.79 Å². The molecule has 0 heterocycles. The van der Waals surface area contributed by atoms with Crippen LogP contribution in [0, 0.1) is 0 Å². The Morgan fingerprint density at radius 3 is 2.58 bits per heavy atom. The van der Waals surface area contributed by atoms with Crippen molar-refractivity contribution in [3.05, 3.63) is 47.5 Å². The second kappa shape index (κ2) is 5.86. The van der Waals surface area contributed by atoms with Gasteiger partial charge in [0, 0.05) is 10.6 Å². The first-order chi connectivity index (χ1) is 9.06. The molecule has 19 heavy (non-hydrogen) atoms. The fourth-order valence-electron chi connectivity index (χ4n) is 1.47. The second-order valence-electron chi connectivity index (χ2n) is 3.83. The van der Waals surface area contributed by atoms with Gasteiger partial charge in [-0.3, -0.25) is 0 Å². The van der Waals surface area contributed by atoms with Gasteiger partial charge in [-0.15, -0.1) is 12.6 Å². The molecule has 0 aliphatic rings. The summed E-state index contributed by atoms with van der Waals surface area (Å²) in [6, 6.07) is 11.7. The van der Waals surface area contributed by atoms with Crippen molar-refractivity contribution in [2.75, 3.05) is 16.4 Å². The highest BCUT2D eigenvalue weighted by atomic mass is 35.5. The van der Waals surface area contributed by atoms with Gasteiger partial charge in [0.05, 0.1) is 16.4 Å². The zero-order valence-electron chi connectivity index (χ0n) is 9.85. The van der Waals surface area contributed by atoms with Gasteiger partial charge in [-0.2, -0.15) is 0 Å². The van der Waals surface area contributed by atoms with Gasteiger partial charge in [0.15, 0.2) is 0 Å². The molecule has 0 aliphatic heterocycles. The summed E-state index contributed by atoms with van der Waals surface area (Å²) in [6.45, 7) is 0. The summed E-state index contributed by atoms with van der Waals surface area (Å²) in [5.74, 6) is 0. The van der Waals surface area contributed by atoms with Gasteiger partial charge in [-0.1, -0.05) is 23.7 Å². The minimum Gasteiger partial charge on any atom is -0.398 e. The van der Waals surface area contributed by atoms with Crippen LogP contribution in [0.3, 0.4) is 0 Å². The number of hydrogen-bond acceptors (Lipinski definition) is 3. The van der Waals surface area contributed by atoms with Crippen LogP contribution in [0.15, 0.2) is 47.4 Å². The van der Waals surface area contributed by atoms with Crippen LogP contribution in [-0.4, -0.2) is 6.03 Å². The van der Waals surface area contributed by atoms with Gasteiger partial charge in [0.1, 0.15) is 0 Å². The number of carbonyl (C=O) groups excluding carboxylic acids is 1. The average Bonchev–Trinajstić information content (AvgIpc) is 2.37. The smallest absolute Gasteiger partial charge is 0.323 e. The molecule has 6 heteroatoms. The highest BCUT2D eigenvalue weighted by Gasteiger charge is 2.05. The molecule has 0 saturated carbocycles. The maximum atomic E-state index is 11.8. The SMILES string of the molecule is Nc1ccc(NC(=O)Nc2ccccc2S)cc1Cl. The van der Waals surface area contributed by atoms with E-state index in [1.54, 1.807) is 30.3 Å². The predicted octanol–water partition coefficient (Wildman–Crippen LogP) is 3.85. The number of thiol groups is 1. The van der Waals surface area contributed by atoms with E-state index in [1.807, 2.05) is 12.1 Å². The number of halogens is 1. The number of amides is 2. The molecule has 0 aliphatic carbocycles. The fraction of sp³-hybridized carbons (Fsp3) is 0. The molecule has 2 rings (SSSR count). The Bertz CT molecular complexity index is 619. The number of anilines is 3. The molecular weight excluding hydrogens is 282 g/mol. The van der Waals surface area contributed by atoms with E-state index in [1.165, 1.54) is 0 Å². The Kier molecular flexibility index (Phi) is 4.19. The summed E-state index contributed by atoms with van der Waals surface area (Å²) in [6.07, 6.45) is 0. The van der Waals surface area contributed by atoms with Crippen molar-refractivity contribution in [1.29, 1.82) is 0 Å². The number of urea groups is 1. The van der Waals surface area contributed by atoms with Crippen molar-refractivity contribution in [2.45, 2.75) is 4.90 Å². The van der Waals surface area contributed by atoms with Gasteiger partial charge >= 0.3 is 6.03 Å². The monoisotopic (exact) mass is 293 g/mol. The third-order valence-electron chi connectivity index (χ3n) is 2.41. The van der Waals surface area contributed by atoms with Crippen LogP contribution < -0.4 is 16.4 Å². The number of nitrogens with one attached hydrogen (secondary N) is 2. The largest absolute Gasteiger partial charge is 0.398 e. The molecule has 0 aromatic heterocycles. The summed E-state index contributed by atoms with van der Waals surface area (Å²) < 4.78 is 0. The first kappa shape index (κ1) is 13.6. The lowest BCUT2D eigenvalue weighted by atomic mass is 10.3. The fourth-order valence-corrected chi connectivity index (χ4v) is 1.87. The van der Waals surface area contributed by atoms with Gasteiger partial charge in [0.2, 0.25) is 0 Å². The summed E-state index contributed by atoms with van der Waals surface area (Å²) in [7, 11) is 0. The molecule has 0 atom stereocenters. The lowest BCUT2D eigenvalue weighted by Gasteiger charge is -2.10. The second-order valence-corrected chi connectivity index (χ2v) is 4.72. The van der Waals surface area contributed by atoms with Crippen LogP contribution >= 0.6 is 24.2 Å². The third kappa shape index (κ3) is 3.56. The first-order valence-corrected chi connectivity index (χ1v) is 6.30. The Morgan fingerprint density at radius 2 is 1.89 bits per heavy atom. The predicted molar refractivity (Wildman–Crippen MR) is 82.2 cm³/mol. The number of rotatable bonds is 2. The van der Waals surface area contributed by atoms with Crippen molar-refractivity contribution in [2.24, 2.45) is 0 Å². The highest BCUT2D eigenvalue weighted by molar-refractivity contribution is 7.80. The molecule has 0 saturated heterocycles. The van der Waals surface area contributed by atoms with E-state index < -0.39 is 0 Å². The zero-order chi connectivity index (χ0) is 13.8. The van der Waals surface area contributed by atoms with Gasteiger partial charge < -0.3 is 16.4 Å². The Balaban J connectivity index is 2.05. The molecule has 0 radical (unpaired) electrons. The van der Waals surface area contributed by atoms with Crippen molar-refractivity contribution < 1.29 is 4.79 Å². The molecule has 2 aromatic carbocycles. The van der Waals surface area contributed by atoms with Gasteiger partial charge in [0.25, 0.3) is 0 Å². The van der Waals surface area contributed by atoms with E-state index in [2.05, 4.69) is 23.3 Å². The summed E-state index contributed by atoms with van der Waals surface area (Å²) >= 11 is 10.1.